The third-order valence-electron chi connectivity index (χ3n) is 4.54. The van der Waals surface area contributed by atoms with E-state index in [2.05, 4.69) is 22.3 Å². The molecule has 6 heteroatoms. The van der Waals surface area contributed by atoms with Crippen LogP contribution < -0.4 is 10.2 Å². The predicted octanol–water partition coefficient (Wildman–Crippen LogP) is 3.08. The summed E-state index contributed by atoms with van der Waals surface area (Å²) < 4.78 is 6.66. The maximum atomic E-state index is 12.2. The molecule has 1 N–H and O–H groups in total. The predicted molar refractivity (Wildman–Crippen MR) is 96.3 cm³/mol. The fourth-order valence-corrected chi connectivity index (χ4v) is 4.20. The van der Waals surface area contributed by atoms with Crippen LogP contribution in [0.4, 0.5) is 5.13 Å². The number of nitrogens with one attached hydrogen (secondary N) is 1. The molecule has 2 aliphatic heterocycles. The molecule has 0 aliphatic carbocycles. The summed E-state index contributed by atoms with van der Waals surface area (Å²) in [6.07, 6.45) is 5.70. The molecule has 1 saturated heterocycles. The van der Waals surface area contributed by atoms with E-state index in [0.29, 0.717) is 12.4 Å². The lowest BCUT2D eigenvalue weighted by molar-refractivity contribution is -0.122. The number of carbonyl (C=O) groups excluding carboxylic acids is 1. The summed E-state index contributed by atoms with van der Waals surface area (Å²) in [6, 6.07) is 8.46. The summed E-state index contributed by atoms with van der Waals surface area (Å²) >= 11 is 1.74. The summed E-state index contributed by atoms with van der Waals surface area (Å²) in [5, 5.41) is 4.19. The van der Waals surface area contributed by atoms with Crippen LogP contribution in [0, 0.1) is 0 Å². The smallest absolute Gasteiger partial charge is 0.286 e. The van der Waals surface area contributed by atoms with Gasteiger partial charge < -0.3 is 15.0 Å². The normalized spacial score (nSPS) is 19.0. The van der Waals surface area contributed by atoms with E-state index in [1.807, 2.05) is 18.2 Å². The van der Waals surface area contributed by atoms with Gasteiger partial charge in [-0.2, -0.15) is 0 Å². The van der Waals surface area contributed by atoms with Gasteiger partial charge in [0, 0.05) is 19.1 Å². The number of aromatic nitrogens is 1. The lowest BCUT2D eigenvalue weighted by atomic mass is 10.1. The van der Waals surface area contributed by atoms with Crippen LogP contribution in [0.15, 0.2) is 36.1 Å². The lowest BCUT2D eigenvalue weighted by Crippen LogP contribution is -2.45. The van der Waals surface area contributed by atoms with E-state index in [1.54, 1.807) is 11.3 Å². The summed E-state index contributed by atoms with van der Waals surface area (Å²) in [4.78, 5) is 19.3. The minimum Gasteiger partial charge on any atom is -0.488 e. The number of benzene rings is 1. The Morgan fingerprint density at radius 1 is 1.29 bits per heavy atom. The first-order chi connectivity index (χ1) is 11.8. The summed E-state index contributed by atoms with van der Waals surface area (Å²) in [5.74, 6) is 0.433. The standard InChI is InChI=1S/C18H21N3O2S/c22-17(15-6-3-4-12-23-15)19-13-8-10-21(11-9-13)18-20-14-5-1-2-7-16(14)24-18/h1-2,5-7,13H,3-4,8-12H2,(H,19,22). The van der Waals surface area contributed by atoms with Gasteiger partial charge in [-0.25, -0.2) is 4.98 Å². The highest BCUT2D eigenvalue weighted by atomic mass is 32.1. The van der Waals surface area contributed by atoms with Crippen LogP contribution in [0.25, 0.3) is 10.2 Å². The van der Waals surface area contributed by atoms with Crippen molar-refractivity contribution in [3.05, 3.63) is 36.1 Å². The van der Waals surface area contributed by atoms with E-state index in [0.717, 1.165) is 49.4 Å². The van der Waals surface area contributed by atoms with Crippen LogP contribution in [-0.2, 0) is 9.53 Å². The number of para-hydroxylation sites is 1. The molecule has 1 aromatic carbocycles. The molecule has 5 nitrogen and oxygen atoms in total. The molecule has 0 bridgehead atoms. The molecular formula is C18H21N3O2S. The van der Waals surface area contributed by atoms with Crippen LogP contribution >= 0.6 is 11.3 Å². The summed E-state index contributed by atoms with van der Waals surface area (Å²) in [6.45, 7) is 2.49. The number of amides is 1. The monoisotopic (exact) mass is 343 g/mol. The van der Waals surface area contributed by atoms with Crippen molar-refractivity contribution >= 4 is 32.6 Å². The Labute approximate surface area is 145 Å². The highest BCUT2D eigenvalue weighted by molar-refractivity contribution is 7.22. The van der Waals surface area contributed by atoms with Gasteiger partial charge in [0.25, 0.3) is 5.91 Å². The number of fused-ring (bicyclic) bond motifs is 1. The van der Waals surface area contributed by atoms with Crippen LogP contribution in [-0.4, -0.2) is 36.6 Å². The highest BCUT2D eigenvalue weighted by Gasteiger charge is 2.24. The fraction of sp³-hybridized carbons (Fsp3) is 0.444. The van der Waals surface area contributed by atoms with Gasteiger partial charge in [0.2, 0.25) is 0 Å². The van der Waals surface area contributed by atoms with E-state index in [1.165, 1.54) is 4.70 Å². The Kier molecular flexibility index (Phi) is 4.38. The minimum atomic E-state index is -0.0619. The number of thiazole rings is 1. The molecule has 0 radical (unpaired) electrons. The molecule has 1 amide bonds. The van der Waals surface area contributed by atoms with Crippen molar-refractivity contribution in [1.82, 2.24) is 10.3 Å². The van der Waals surface area contributed by atoms with E-state index < -0.39 is 0 Å². The summed E-state index contributed by atoms with van der Waals surface area (Å²) in [7, 11) is 0. The van der Waals surface area contributed by atoms with Crippen molar-refractivity contribution in [2.75, 3.05) is 24.6 Å². The van der Waals surface area contributed by atoms with Gasteiger partial charge in [-0.15, -0.1) is 0 Å². The highest BCUT2D eigenvalue weighted by Crippen LogP contribution is 2.30. The van der Waals surface area contributed by atoms with Crippen LogP contribution in [0.3, 0.4) is 0 Å². The Balaban J connectivity index is 1.34. The number of anilines is 1. The molecule has 2 aromatic rings. The molecule has 0 spiro atoms. The van der Waals surface area contributed by atoms with Crippen molar-refractivity contribution in [3.8, 4) is 0 Å². The van der Waals surface area contributed by atoms with E-state index >= 15 is 0 Å². The zero-order valence-corrected chi connectivity index (χ0v) is 14.3. The number of piperidine rings is 1. The minimum absolute atomic E-state index is 0.0619. The van der Waals surface area contributed by atoms with Crippen LogP contribution in [0.1, 0.15) is 25.7 Å². The first-order valence-electron chi connectivity index (χ1n) is 8.54. The van der Waals surface area contributed by atoms with Gasteiger partial charge in [-0.05, 0) is 43.9 Å². The second kappa shape index (κ2) is 6.81. The maximum Gasteiger partial charge on any atom is 0.286 e. The van der Waals surface area contributed by atoms with Crippen molar-refractivity contribution in [2.45, 2.75) is 31.7 Å². The third-order valence-corrected chi connectivity index (χ3v) is 5.64. The molecule has 24 heavy (non-hydrogen) atoms. The number of ether oxygens (including phenoxy) is 1. The van der Waals surface area contributed by atoms with E-state index in [9.17, 15) is 4.79 Å². The van der Waals surface area contributed by atoms with Gasteiger partial charge in [0.1, 0.15) is 0 Å². The largest absolute Gasteiger partial charge is 0.488 e. The molecule has 126 valence electrons. The van der Waals surface area contributed by atoms with E-state index in [4.69, 9.17) is 9.72 Å². The molecule has 2 aliphatic rings. The Morgan fingerprint density at radius 2 is 2.12 bits per heavy atom. The first-order valence-corrected chi connectivity index (χ1v) is 9.35. The van der Waals surface area contributed by atoms with Crippen molar-refractivity contribution < 1.29 is 9.53 Å². The quantitative estimate of drug-likeness (QED) is 0.930. The SMILES string of the molecule is O=C(NC1CCN(c2nc3ccccc3s2)CC1)C1=CCCCO1. The van der Waals surface area contributed by atoms with E-state index in [-0.39, 0.29) is 11.9 Å². The molecule has 0 atom stereocenters. The second-order valence-electron chi connectivity index (χ2n) is 6.26. The average molecular weight is 343 g/mol. The third kappa shape index (κ3) is 3.24. The molecular weight excluding hydrogens is 322 g/mol. The average Bonchev–Trinajstić information content (AvgIpc) is 3.07. The topological polar surface area (TPSA) is 54.5 Å². The zero-order valence-electron chi connectivity index (χ0n) is 13.5. The number of hydrogen-bond donors (Lipinski definition) is 1. The molecule has 0 unspecified atom stereocenters. The zero-order chi connectivity index (χ0) is 16.4. The van der Waals surface area contributed by atoms with Crippen LogP contribution in [0.2, 0.25) is 0 Å². The maximum absolute atomic E-state index is 12.2. The van der Waals surface area contributed by atoms with Crippen molar-refractivity contribution in [3.63, 3.8) is 0 Å². The van der Waals surface area contributed by atoms with Gasteiger partial charge in [-0.1, -0.05) is 23.5 Å². The van der Waals surface area contributed by atoms with Gasteiger partial charge >= 0.3 is 0 Å². The van der Waals surface area contributed by atoms with Crippen LogP contribution in [0.5, 0.6) is 0 Å². The summed E-state index contributed by atoms with van der Waals surface area (Å²) in [5.41, 5.74) is 1.06. The number of nitrogens with zero attached hydrogens (tertiary/aromatic N) is 2. The molecule has 4 rings (SSSR count). The number of rotatable bonds is 3. The van der Waals surface area contributed by atoms with Gasteiger partial charge in [-0.3, -0.25) is 4.79 Å². The number of carbonyl (C=O) groups is 1. The second-order valence-corrected chi connectivity index (χ2v) is 7.27. The Morgan fingerprint density at radius 3 is 2.88 bits per heavy atom. The lowest BCUT2D eigenvalue weighted by Gasteiger charge is -2.32. The fourth-order valence-electron chi connectivity index (χ4n) is 3.18. The van der Waals surface area contributed by atoms with Crippen molar-refractivity contribution in [1.29, 1.82) is 0 Å². The molecule has 3 heterocycles. The van der Waals surface area contributed by atoms with Gasteiger partial charge in [0.05, 0.1) is 16.8 Å². The van der Waals surface area contributed by atoms with Gasteiger partial charge in [0.15, 0.2) is 10.9 Å². The first kappa shape index (κ1) is 15.4. The Hall–Kier alpha value is -2.08. The Bertz CT molecular complexity index is 729. The molecule has 1 aromatic heterocycles. The molecule has 1 fully saturated rings. The number of hydrogen-bond acceptors (Lipinski definition) is 5. The molecule has 0 saturated carbocycles. The van der Waals surface area contributed by atoms with Crippen molar-refractivity contribution in [2.24, 2.45) is 0 Å². The number of allylic oxidation sites excluding steroid dienone is 1.